The van der Waals surface area contributed by atoms with E-state index in [1.54, 1.807) is 0 Å². The van der Waals surface area contributed by atoms with Gasteiger partial charge in [-0.15, -0.1) is 0 Å². The van der Waals surface area contributed by atoms with Crippen LogP contribution in [0.2, 0.25) is 0 Å². The Kier molecular flexibility index (Phi) is 4.43. The third-order valence-electron chi connectivity index (χ3n) is 3.79. The lowest BCUT2D eigenvalue weighted by atomic mass is 10.2. The number of nitrogens with one attached hydrogen (secondary N) is 1. The molecule has 1 N–H and O–H groups in total. The van der Waals surface area contributed by atoms with Gasteiger partial charge in [0, 0.05) is 26.2 Å². The number of pyridine rings is 1. The zero-order valence-electron chi connectivity index (χ0n) is 12.5. The maximum Gasteiger partial charge on any atom is 0.228 e. The molecule has 0 amide bonds. The quantitative estimate of drug-likeness (QED) is 0.931. The number of hydrogen-bond donors (Lipinski definition) is 1. The highest BCUT2D eigenvalue weighted by molar-refractivity contribution is 5.53. The van der Waals surface area contributed by atoms with Gasteiger partial charge in [0.15, 0.2) is 5.82 Å². The maximum atomic E-state index is 12.8. The first-order chi connectivity index (χ1) is 10.7. The van der Waals surface area contributed by atoms with E-state index in [1.165, 1.54) is 0 Å². The van der Waals surface area contributed by atoms with Crippen LogP contribution in [0.5, 0.6) is 0 Å². The third-order valence-corrected chi connectivity index (χ3v) is 3.79. The lowest BCUT2D eigenvalue weighted by Gasteiger charge is -2.35. The minimum atomic E-state index is -0.458. The molecule has 0 atom stereocenters. The molecule has 3 rings (SSSR count). The number of nitrogens with zero attached hydrogens (tertiary/aromatic N) is 5. The number of anilines is 3. The van der Waals surface area contributed by atoms with E-state index < -0.39 is 5.82 Å². The van der Waals surface area contributed by atoms with Gasteiger partial charge >= 0.3 is 0 Å². The first kappa shape index (κ1) is 14.6. The summed E-state index contributed by atoms with van der Waals surface area (Å²) in [5, 5.41) is 2.95. The molecule has 0 saturated carbocycles. The summed E-state index contributed by atoms with van der Waals surface area (Å²) in [4.78, 5) is 16.8. The van der Waals surface area contributed by atoms with Gasteiger partial charge in [-0.2, -0.15) is 0 Å². The van der Waals surface area contributed by atoms with Crippen LogP contribution in [0, 0.1) is 5.82 Å². The third kappa shape index (κ3) is 3.48. The molecule has 0 bridgehead atoms. The Balaban J connectivity index is 1.62. The van der Waals surface area contributed by atoms with E-state index in [0.29, 0.717) is 11.8 Å². The molecule has 0 spiro atoms. The van der Waals surface area contributed by atoms with Crippen molar-refractivity contribution in [3.63, 3.8) is 0 Å². The predicted molar refractivity (Wildman–Crippen MR) is 83.8 cm³/mol. The first-order valence-corrected chi connectivity index (χ1v) is 7.42. The highest BCUT2D eigenvalue weighted by atomic mass is 19.1. The summed E-state index contributed by atoms with van der Waals surface area (Å²) >= 11 is 0. The molecule has 2 aromatic rings. The molecule has 116 valence electrons. The fourth-order valence-corrected chi connectivity index (χ4v) is 2.46. The van der Waals surface area contributed by atoms with E-state index in [1.807, 2.05) is 18.3 Å². The molecule has 22 heavy (non-hydrogen) atoms. The summed E-state index contributed by atoms with van der Waals surface area (Å²) in [6.45, 7) is 7.49. The van der Waals surface area contributed by atoms with Gasteiger partial charge in [0.25, 0.3) is 0 Å². The minimum Gasteiger partial charge on any atom is -0.368 e. The minimum absolute atomic E-state index is 0.332. The van der Waals surface area contributed by atoms with E-state index in [2.05, 4.69) is 37.0 Å². The largest absolute Gasteiger partial charge is 0.368 e. The topological polar surface area (TPSA) is 57.2 Å². The van der Waals surface area contributed by atoms with Crippen molar-refractivity contribution < 1.29 is 4.39 Å². The van der Waals surface area contributed by atoms with Crippen LogP contribution >= 0.6 is 0 Å². The summed E-state index contributed by atoms with van der Waals surface area (Å²) in [6, 6.07) is 3.91. The highest BCUT2D eigenvalue weighted by Crippen LogP contribution is 2.18. The number of halogens is 1. The Morgan fingerprint density at radius 1 is 1.05 bits per heavy atom. The van der Waals surface area contributed by atoms with Crippen LogP contribution in [0.25, 0.3) is 0 Å². The summed E-state index contributed by atoms with van der Waals surface area (Å²) in [6.07, 6.45) is 4.08. The molecule has 1 aliphatic heterocycles. The number of hydrogen-bond acceptors (Lipinski definition) is 6. The molecular weight excluding hydrogens is 283 g/mol. The molecule has 0 radical (unpaired) electrons. The van der Waals surface area contributed by atoms with Gasteiger partial charge in [0.05, 0.1) is 24.3 Å². The zero-order valence-corrected chi connectivity index (χ0v) is 12.5. The fraction of sp³-hybridized carbons (Fsp3) is 0.400. The van der Waals surface area contributed by atoms with Gasteiger partial charge in [-0.05, 0) is 18.7 Å². The summed E-state index contributed by atoms with van der Waals surface area (Å²) in [5.41, 5.74) is 1.11. The van der Waals surface area contributed by atoms with Crippen molar-refractivity contribution in [3.8, 4) is 0 Å². The lowest BCUT2D eigenvalue weighted by Crippen LogP contribution is -2.46. The van der Waals surface area contributed by atoms with Crippen LogP contribution in [0.15, 0.2) is 30.7 Å². The van der Waals surface area contributed by atoms with Gasteiger partial charge in [0.2, 0.25) is 5.95 Å². The van der Waals surface area contributed by atoms with E-state index in [0.717, 1.165) is 50.8 Å². The highest BCUT2D eigenvalue weighted by Gasteiger charge is 2.15. The van der Waals surface area contributed by atoms with Crippen LogP contribution in [-0.2, 0) is 0 Å². The fourth-order valence-electron chi connectivity index (χ4n) is 2.46. The van der Waals surface area contributed by atoms with Gasteiger partial charge in [-0.3, -0.25) is 0 Å². The second-order valence-corrected chi connectivity index (χ2v) is 5.17. The lowest BCUT2D eigenvalue weighted by molar-refractivity contribution is 0.271. The van der Waals surface area contributed by atoms with E-state index in [-0.39, 0.29) is 0 Å². The Hall–Kier alpha value is -2.28. The van der Waals surface area contributed by atoms with Gasteiger partial charge in [0.1, 0.15) is 5.82 Å². The first-order valence-electron chi connectivity index (χ1n) is 7.42. The molecule has 0 aliphatic carbocycles. The van der Waals surface area contributed by atoms with Gasteiger partial charge < -0.3 is 15.1 Å². The zero-order chi connectivity index (χ0) is 15.4. The predicted octanol–water partition coefficient (Wildman–Crippen LogP) is 1.90. The van der Waals surface area contributed by atoms with Crippen LogP contribution in [0.4, 0.5) is 21.8 Å². The smallest absolute Gasteiger partial charge is 0.228 e. The van der Waals surface area contributed by atoms with Crippen LogP contribution < -0.4 is 10.2 Å². The Morgan fingerprint density at radius 3 is 2.36 bits per heavy atom. The van der Waals surface area contributed by atoms with Crippen LogP contribution in [0.3, 0.4) is 0 Å². The van der Waals surface area contributed by atoms with E-state index in [4.69, 9.17) is 0 Å². The molecule has 7 heteroatoms. The molecule has 1 saturated heterocycles. The number of piperazine rings is 1. The Bertz CT molecular complexity index is 592. The Morgan fingerprint density at radius 2 is 1.77 bits per heavy atom. The molecule has 6 nitrogen and oxygen atoms in total. The van der Waals surface area contributed by atoms with Crippen molar-refractivity contribution in [1.29, 1.82) is 0 Å². The maximum absolute atomic E-state index is 12.8. The van der Waals surface area contributed by atoms with Crippen molar-refractivity contribution in [2.75, 3.05) is 42.9 Å². The summed E-state index contributed by atoms with van der Waals surface area (Å²) in [7, 11) is 0. The molecule has 3 heterocycles. The van der Waals surface area contributed by atoms with Gasteiger partial charge in [-0.1, -0.05) is 6.92 Å². The molecular formula is C15H19FN6. The molecule has 0 unspecified atom stereocenters. The molecule has 1 aliphatic rings. The van der Waals surface area contributed by atoms with E-state index in [9.17, 15) is 4.39 Å². The SMILES string of the molecule is CCN1CCN(c2ccc(Nc3ncc(F)cn3)nc2)CC1. The molecule has 2 aromatic heterocycles. The number of rotatable bonds is 4. The van der Waals surface area contributed by atoms with Crippen LogP contribution in [0.1, 0.15) is 6.92 Å². The standard InChI is InChI=1S/C15H19FN6/c1-2-21-5-7-22(8-6-21)13-3-4-14(17-11-13)20-15-18-9-12(16)10-19-15/h3-4,9-11H,2,5-8H2,1H3,(H,17,18,19,20). The summed E-state index contributed by atoms with van der Waals surface area (Å²) < 4.78 is 12.8. The Labute approximate surface area is 129 Å². The van der Waals surface area contributed by atoms with Crippen LogP contribution in [-0.4, -0.2) is 52.6 Å². The average Bonchev–Trinajstić information content (AvgIpc) is 2.58. The van der Waals surface area contributed by atoms with Crippen molar-refractivity contribution in [2.45, 2.75) is 6.92 Å². The number of aromatic nitrogens is 3. The number of likely N-dealkylation sites (N-methyl/N-ethyl adjacent to an activating group) is 1. The summed E-state index contributed by atoms with van der Waals surface area (Å²) in [5.74, 6) is 0.515. The van der Waals surface area contributed by atoms with Crippen molar-refractivity contribution in [1.82, 2.24) is 19.9 Å². The van der Waals surface area contributed by atoms with Gasteiger partial charge in [-0.25, -0.2) is 19.3 Å². The monoisotopic (exact) mass is 302 g/mol. The molecule has 0 aromatic carbocycles. The second kappa shape index (κ2) is 6.65. The van der Waals surface area contributed by atoms with Crippen molar-refractivity contribution >= 4 is 17.5 Å². The van der Waals surface area contributed by atoms with Crippen molar-refractivity contribution in [3.05, 3.63) is 36.5 Å². The second-order valence-electron chi connectivity index (χ2n) is 5.17. The van der Waals surface area contributed by atoms with Crippen molar-refractivity contribution in [2.24, 2.45) is 0 Å². The molecule has 1 fully saturated rings. The normalized spacial score (nSPS) is 15.8. The van der Waals surface area contributed by atoms with E-state index >= 15 is 0 Å². The average molecular weight is 302 g/mol.